The van der Waals surface area contributed by atoms with Crippen LogP contribution in [0.25, 0.3) is 6.08 Å². The van der Waals surface area contributed by atoms with Gasteiger partial charge in [0.05, 0.1) is 32.3 Å². The zero-order valence-electron chi connectivity index (χ0n) is 15.6. The van der Waals surface area contributed by atoms with Crippen LogP contribution < -0.4 is 10.1 Å². The summed E-state index contributed by atoms with van der Waals surface area (Å²) in [5, 5.41) is 2.95. The molecule has 6 nitrogen and oxygen atoms in total. The minimum absolute atomic E-state index is 0.154. The molecule has 0 saturated carbocycles. The highest BCUT2D eigenvalue weighted by Gasteiger charge is 2.36. The van der Waals surface area contributed by atoms with E-state index in [1.807, 2.05) is 0 Å². The largest absolute Gasteiger partial charge is 0.491 e. The Bertz CT molecular complexity index is 1040. The maximum Gasteiger partial charge on any atom is 0.294 e. The van der Waals surface area contributed by atoms with Crippen LogP contribution in [-0.4, -0.2) is 35.1 Å². The van der Waals surface area contributed by atoms with E-state index in [4.69, 9.17) is 39.5 Å². The predicted molar refractivity (Wildman–Crippen MR) is 120 cm³/mol. The molecule has 2 aromatic rings. The lowest BCUT2D eigenvalue weighted by Gasteiger charge is -2.13. The highest BCUT2D eigenvalue weighted by atomic mass is 35.5. The fraction of sp³-hybridized carbons (Fsp3) is 0.150. The molecule has 1 saturated heterocycles. The summed E-state index contributed by atoms with van der Waals surface area (Å²) in [5.74, 6) is -0.776. The van der Waals surface area contributed by atoms with Gasteiger partial charge in [-0.2, -0.15) is 0 Å². The van der Waals surface area contributed by atoms with Crippen molar-refractivity contribution in [2.24, 2.45) is 0 Å². The van der Waals surface area contributed by atoms with E-state index in [9.17, 15) is 14.4 Å². The number of nitrogens with zero attached hydrogens (tertiary/aromatic N) is 1. The summed E-state index contributed by atoms with van der Waals surface area (Å²) < 4.78 is 5.38. The zero-order valence-corrected chi connectivity index (χ0v) is 18.7. The number of benzene rings is 2. The van der Waals surface area contributed by atoms with Gasteiger partial charge in [-0.05, 0) is 54.6 Å². The van der Waals surface area contributed by atoms with Gasteiger partial charge in [0.25, 0.3) is 11.1 Å². The van der Waals surface area contributed by atoms with Crippen LogP contribution in [0.4, 0.5) is 10.5 Å². The van der Waals surface area contributed by atoms with Crippen LogP contribution in [0.1, 0.15) is 12.5 Å². The van der Waals surface area contributed by atoms with Crippen molar-refractivity contribution in [2.45, 2.75) is 6.92 Å². The summed E-state index contributed by atoms with van der Waals surface area (Å²) in [6.45, 7) is 1.77. The number of carbonyl (C=O) groups is 3. The molecule has 1 N–H and O–H groups in total. The first-order chi connectivity index (χ1) is 14.3. The van der Waals surface area contributed by atoms with Gasteiger partial charge >= 0.3 is 0 Å². The normalized spacial score (nSPS) is 15.1. The predicted octanol–water partition coefficient (Wildman–Crippen LogP) is 5.72. The number of imide groups is 1. The first-order valence-electron chi connectivity index (χ1n) is 8.71. The van der Waals surface area contributed by atoms with Crippen molar-refractivity contribution in [3.05, 3.63) is 61.9 Å². The highest BCUT2D eigenvalue weighted by molar-refractivity contribution is 8.18. The third-order valence-corrected chi connectivity index (χ3v) is 5.73. The number of hydrogen-bond donors (Lipinski definition) is 1. The monoisotopic (exact) mass is 484 g/mol. The lowest BCUT2D eigenvalue weighted by atomic mass is 10.2. The molecular formula is C20H15Cl3N2O4S. The molecule has 0 spiro atoms. The standard InChI is InChI=1S/C20H15Cl3N2O4S/c1-2-29-18-13(22)7-11(8-14(18)23)9-16-19(27)25(20(28)30-16)10-17(26)24-15-6-4-3-5-12(15)21/h3-9H,2,10H2,1H3,(H,24,26)/b16-9+. The molecule has 3 amide bonds. The summed E-state index contributed by atoms with van der Waals surface area (Å²) in [7, 11) is 0. The summed E-state index contributed by atoms with van der Waals surface area (Å²) in [6, 6.07) is 9.82. The molecule has 1 heterocycles. The quantitative estimate of drug-likeness (QED) is 0.530. The number of anilines is 1. The Morgan fingerprint density at radius 3 is 2.43 bits per heavy atom. The number of carbonyl (C=O) groups excluding carboxylic acids is 3. The Kier molecular flexibility index (Phi) is 7.31. The van der Waals surface area contributed by atoms with Gasteiger partial charge in [0.2, 0.25) is 5.91 Å². The number of thioether (sulfide) groups is 1. The molecule has 1 fully saturated rings. The second kappa shape index (κ2) is 9.75. The highest BCUT2D eigenvalue weighted by Crippen LogP contribution is 2.37. The van der Waals surface area contributed by atoms with E-state index in [-0.39, 0.29) is 15.0 Å². The van der Waals surface area contributed by atoms with E-state index < -0.39 is 23.6 Å². The van der Waals surface area contributed by atoms with Gasteiger partial charge in [-0.15, -0.1) is 0 Å². The molecule has 156 valence electrons. The first kappa shape index (κ1) is 22.5. The van der Waals surface area contributed by atoms with Gasteiger partial charge in [0.15, 0.2) is 5.75 Å². The second-order valence-electron chi connectivity index (χ2n) is 6.04. The number of para-hydroxylation sites is 1. The molecule has 0 aliphatic carbocycles. The Morgan fingerprint density at radius 1 is 1.13 bits per heavy atom. The molecule has 1 aliphatic rings. The Labute approximate surface area is 192 Å². The number of nitrogens with one attached hydrogen (secondary N) is 1. The van der Waals surface area contributed by atoms with Crippen molar-refractivity contribution in [1.29, 1.82) is 0 Å². The molecule has 2 aromatic carbocycles. The van der Waals surface area contributed by atoms with E-state index in [2.05, 4.69) is 5.32 Å². The average Bonchev–Trinajstić information content (AvgIpc) is 2.94. The summed E-state index contributed by atoms with van der Waals surface area (Å²) in [6.07, 6.45) is 1.49. The second-order valence-corrected chi connectivity index (χ2v) is 8.26. The number of hydrogen-bond acceptors (Lipinski definition) is 5. The van der Waals surface area contributed by atoms with Gasteiger partial charge in [-0.25, -0.2) is 0 Å². The number of halogens is 3. The van der Waals surface area contributed by atoms with Crippen LogP contribution in [0, 0.1) is 0 Å². The molecule has 10 heteroatoms. The van der Waals surface area contributed by atoms with E-state index in [1.165, 1.54) is 6.08 Å². The van der Waals surface area contributed by atoms with Crippen molar-refractivity contribution in [2.75, 3.05) is 18.5 Å². The van der Waals surface area contributed by atoms with Crippen LogP contribution in [0.15, 0.2) is 41.3 Å². The fourth-order valence-corrected chi connectivity index (χ4v) is 4.26. The molecule has 0 aromatic heterocycles. The molecule has 0 radical (unpaired) electrons. The van der Waals surface area contributed by atoms with Crippen LogP contribution in [0.5, 0.6) is 5.75 Å². The van der Waals surface area contributed by atoms with E-state index in [1.54, 1.807) is 43.3 Å². The van der Waals surface area contributed by atoms with E-state index >= 15 is 0 Å². The van der Waals surface area contributed by atoms with Crippen LogP contribution >= 0.6 is 46.6 Å². The van der Waals surface area contributed by atoms with Crippen LogP contribution in [0.2, 0.25) is 15.1 Å². The van der Waals surface area contributed by atoms with E-state index in [0.717, 1.165) is 16.7 Å². The fourth-order valence-electron chi connectivity index (χ4n) is 2.63. The number of ether oxygens (including phenoxy) is 1. The maximum absolute atomic E-state index is 12.6. The zero-order chi connectivity index (χ0) is 21.8. The van der Waals surface area contributed by atoms with Gasteiger partial charge < -0.3 is 10.1 Å². The molecule has 0 atom stereocenters. The van der Waals surface area contributed by atoms with Crippen molar-refractivity contribution in [3.63, 3.8) is 0 Å². The summed E-state index contributed by atoms with van der Waals surface area (Å²) in [4.78, 5) is 38.2. The molecule has 30 heavy (non-hydrogen) atoms. The third kappa shape index (κ3) is 5.10. The van der Waals surface area contributed by atoms with Crippen LogP contribution in [-0.2, 0) is 9.59 Å². The lowest BCUT2D eigenvalue weighted by Crippen LogP contribution is -2.36. The molecule has 0 bridgehead atoms. The Hall–Kier alpha value is -2.19. The summed E-state index contributed by atoms with van der Waals surface area (Å²) >= 11 is 19.1. The Balaban J connectivity index is 1.74. The maximum atomic E-state index is 12.6. The smallest absolute Gasteiger partial charge is 0.294 e. The summed E-state index contributed by atoms with van der Waals surface area (Å²) in [5.41, 5.74) is 0.921. The SMILES string of the molecule is CCOc1c(Cl)cc(/C=C2/SC(=O)N(CC(=O)Nc3ccccc3Cl)C2=O)cc1Cl. The number of rotatable bonds is 6. The molecule has 0 unspecified atom stereocenters. The average molecular weight is 486 g/mol. The van der Waals surface area contributed by atoms with Crippen LogP contribution in [0.3, 0.4) is 0 Å². The Morgan fingerprint density at radius 2 is 1.80 bits per heavy atom. The number of amides is 3. The topological polar surface area (TPSA) is 75.7 Å². The molecular weight excluding hydrogens is 471 g/mol. The van der Waals surface area contributed by atoms with Crippen molar-refractivity contribution in [1.82, 2.24) is 4.90 Å². The van der Waals surface area contributed by atoms with Crippen molar-refractivity contribution >= 4 is 75.4 Å². The molecule has 1 aliphatic heterocycles. The van der Waals surface area contributed by atoms with Crippen molar-refractivity contribution in [3.8, 4) is 5.75 Å². The van der Waals surface area contributed by atoms with Gasteiger partial charge in [-0.1, -0.05) is 46.9 Å². The first-order valence-corrected chi connectivity index (χ1v) is 10.7. The van der Waals surface area contributed by atoms with Gasteiger partial charge in [0, 0.05) is 0 Å². The lowest BCUT2D eigenvalue weighted by molar-refractivity contribution is -0.127. The van der Waals surface area contributed by atoms with Gasteiger partial charge in [0.1, 0.15) is 6.54 Å². The molecule has 3 rings (SSSR count). The minimum Gasteiger partial charge on any atom is -0.491 e. The third-order valence-electron chi connectivity index (χ3n) is 3.93. The van der Waals surface area contributed by atoms with E-state index in [0.29, 0.717) is 28.6 Å². The van der Waals surface area contributed by atoms with Crippen molar-refractivity contribution < 1.29 is 19.1 Å². The van der Waals surface area contributed by atoms with Gasteiger partial charge in [-0.3, -0.25) is 19.3 Å². The minimum atomic E-state index is -0.583.